The molecule has 2 aromatic carbocycles. The van der Waals surface area contributed by atoms with Gasteiger partial charge >= 0.3 is 0 Å². The monoisotopic (exact) mass is 366 g/mol. The van der Waals surface area contributed by atoms with E-state index in [1.54, 1.807) is 6.19 Å². The van der Waals surface area contributed by atoms with Crippen LogP contribution in [0.1, 0.15) is 26.2 Å². The molecular weight excluding hydrogens is 344 g/mol. The number of anilines is 2. The SMILES string of the molecule is CCCCC(=O)Nc1ccc(-c2ccc(N/C(=N/C#N)SC)cc2)cc1. The molecule has 0 heterocycles. The van der Waals surface area contributed by atoms with Gasteiger partial charge in [0.2, 0.25) is 12.1 Å². The molecule has 2 N–H and O–H groups in total. The number of aliphatic imine (C=N–C) groups is 1. The van der Waals surface area contributed by atoms with Crippen LogP contribution in [0.25, 0.3) is 11.1 Å². The summed E-state index contributed by atoms with van der Waals surface area (Å²) in [6, 6.07) is 15.7. The lowest BCUT2D eigenvalue weighted by atomic mass is 10.0. The van der Waals surface area contributed by atoms with Gasteiger partial charge in [-0.25, -0.2) is 0 Å². The number of carbonyl (C=O) groups excluding carboxylic acids is 1. The smallest absolute Gasteiger partial charge is 0.224 e. The van der Waals surface area contributed by atoms with Crippen molar-refractivity contribution < 1.29 is 4.79 Å². The van der Waals surface area contributed by atoms with Gasteiger partial charge < -0.3 is 10.6 Å². The minimum atomic E-state index is 0.0543. The van der Waals surface area contributed by atoms with E-state index in [-0.39, 0.29) is 5.91 Å². The molecule has 0 saturated carbocycles. The van der Waals surface area contributed by atoms with Crippen LogP contribution in [0, 0.1) is 11.5 Å². The number of rotatable bonds is 6. The van der Waals surface area contributed by atoms with Crippen molar-refractivity contribution in [3.05, 3.63) is 48.5 Å². The van der Waals surface area contributed by atoms with Gasteiger partial charge in [-0.2, -0.15) is 5.26 Å². The lowest BCUT2D eigenvalue weighted by Gasteiger charge is -2.09. The van der Waals surface area contributed by atoms with Gasteiger partial charge in [0, 0.05) is 17.8 Å². The molecule has 26 heavy (non-hydrogen) atoms. The summed E-state index contributed by atoms with van der Waals surface area (Å²) < 4.78 is 0. The quantitative estimate of drug-likeness (QED) is 0.424. The molecule has 0 aliphatic rings. The van der Waals surface area contributed by atoms with Crippen molar-refractivity contribution in [3.8, 4) is 17.3 Å². The first-order valence-electron chi connectivity index (χ1n) is 8.44. The first-order chi connectivity index (χ1) is 12.7. The highest BCUT2D eigenvalue weighted by Gasteiger charge is 2.04. The molecule has 0 bridgehead atoms. The van der Waals surface area contributed by atoms with Gasteiger partial charge in [-0.1, -0.05) is 49.4 Å². The van der Waals surface area contributed by atoms with E-state index in [0.717, 1.165) is 35.3 Å². The second-order valence-electron chi connectivity index (χ2n) is 5.65. The topological polar surface area (TPSA) is 77.3 Å². The van der Waals surface area contributed by atoms with Gasteiger partial charge in [0.15, 0.2) is 5.17 Å². The first-order valence-corrected chi connectivity index (χ1v) is 9.67. The number of nitrogens with zero attached hydrogens (tertiary/aromatic N) is 2. The van der Waals surface area contributed by atoms with Crippen LogP contribution in [0.15, 0.2) is 53.5 Å². The number of hydrogen-bond acceptors (Lipinski definition) is 4. The number of amides is 1. The molecule has 0 aliphatic carbocycles. The summed E-state index contributed by atoms with van der Waals surface area (Å²) in [4.78, 5) is 15.5. The van der Waals surface area contributed by atoms with Crippen molar-refractivity contribution in [3.63, 3.8) is 0 Å². The molecule has 0 atom stereocenters. The largest absolute Gasteiger partial charge is 0.334 e. The number of hydrogen-bond donors (Lipinski definition) is 2. The van der Waals surface area contributed by atoms with Crippen LogP contribution in [0.5, 0.6) is 0 Å². The van der Waals surface area contributed by atoms with Crippen molar-refractivity contribution >= 4 is 34.2 Å². The van der Waals surface area contributed by atoms with E-state index in [0.29, 0.717) is 11.6 Å². The molecule has 2 aromatic rings. The fourth-order valence-electron chi connectivity index (χ4n) is 2.35. The summed E-state index contributed by atoms with van der Waals surface area (Å²) in [5, 5.41) is 15.2. The Labute approximate surface area is 158 Å². The molecule has 0 spiro atoms. The van der Waals surface area contributed by atoms with Crippen LogP contribution in [-0.2, 0) is 4.79 Å². The number of nitriles is 1. The maximum atomic E-state index is 11.8. The average Bonchev–Trinajstić information content (AvgIpc) is 2.67. The fourth-order valence-corrected chi connectivity index (χ4v) is 2.70. The van der Waals surface area contributed by atoms with Gasteiger partial charge in [0.1, 0.15) is 0 Å². The summed E-state index contributed by atoms with van der Waals surface area (Å²) in [6.07, 6.45) is 6.11. The van der Waals surface area contributed by atoms with Crippen LogP contribution in [0.3, 0.4) is 0 Å². The van der Waals surface area contributed by atoms with Crippen molar-refractivity contribution in [1.29, 1.82) is 5.26 Å². The molecule has 0 fully saturated rings. The van der Waals surface area contributed by atoms with Crippen LogP contribution < -0.4 is 10.6 Å². The molecule has 0 aromatic heterocycles. The van der Waals surface area contributed by atoms with Gasteiger partial charge in [-0.15, -0.1) is 4.99 Å². The molecule has 1 amide bonds. The molecule has 6 heteroatoms. The van der Waals surface area contributed by atoms with E-state index in [1.807, 2.05) is 54.8 Å². The first kappa shape index (κ1) is 19.5. The number of amidine groups is 1. The van der Waals surface area contributed by atoms with Crippen molar-refractivity contribution in [2.75, 3.05) is 16.9 Å². The van der Waals surface area contributed by atoms with Crippen LogP contribution >= 0.6 is 11.8 Å². The number of nitrogens with one attached hydrogen (secondary N) is 2. The van der Waals surface area contributed by atoms with E-state index in [9.17, 15) is 4.79 Å². The molecule has 0 unspecified atom stereocenters. The standard InChI is InChI=1S/C20H22N4OS/c1-3-4-5-19(25)23-17-10-6-15(7-11-17)16-8-12-18(13-9-16)24-20(26-2)22-14-21/h6-13H,3-5H2,1-2H3,(H,22,24)(H,23,25). The van der Waals surface area contributed by atoms with E-state index in [1.165, 1.54) is 11.8 Å². The Bertz CT molecular complexity index is 792. The Hall–Kier alpha value is -2.78. The third kappa shape index (κ3) is 5.94. The predicted molar refractivity (Wildman–Crippen MR) is 110 cm³/mol. The Kier molecular flexibility index (Phi) is 7.72. The van der Waals surface area contributed by atoms with Crippen LogP contribution in [0.2, 0.25) is 0 Å². The summed E-state index contributed by atoms with van der Waals surface area (Å²) in [7, 11) is 0. The Morgan fingerprint density at radius 2 is 1.58 bits per heavy atom. The normalized spacial score (nSPS) is 10.9. The maximum Gasteiger partial charge on any atom is 0.224 e. The molecule has 0 saturated heterocycles. The second-order valence-corrected chi connectivity index (χ2v) is 6.45. The number of benzene rings is 2. The Morgan fingerprint density at radius 1 is 1.04 bits per heavy atom. The predicted octanol–water partition coefficient (Wildman–Crippen LogP) is 5.09. The van der Waals surface area contributed by atoms with E-state index < -0.39 is 0 Å². The number of carbonyl (C=O) groups is 1. The summed E-state index contributed by atoms with van der Waals surface area (Å²) >= 11 is 1.38. The third-order valence-electron chi connectivity index (χ3n) is 3.74. The van der Waals surface area contributed by atoms with E-state index >= 15 is 0 Å². The minimum Gasteiger partial charge on any atom is -0.334 e. The molecule has 0 aliphatic heterocycles. The highest BCUT2D eigenvalue weighted by Crippen LogP contribution is 2.23. The zero-order chi connectivity index (χ0) is 18.8. The third-order valence-corrected chi connectivity index (χ3v) is 4.32. The van der Waals surface area contributed by atoms with Crippen molar-refractivity contribution in [1.82, 2.24) is 0 Å². The average molecular weight is 366 g/mol. The van der Waals surface area contributed by atoms with Crippen LogP contribution in [0.4, 0.5) is 11.4 Å². The van der Waals surface area contributed by atoms with Crippen LogP contribution in [-0.4, -0.2) is 17.3 Å². The lowest BCUT2D eigenvalue weighted by Crippen LogP contribution is -2.10. The molecule has 5 nitrogen and oxygen atoms in total. The fraction of sp³-hybridized carbons (Fsp3) is 0.250. The zero-order valence-electron chi connectivity index (χ0n) is 15.0. The Balaban J connectivity index is 2.02. The molecule has 134 valence electrons. The molecular formula is C20H22N4OS. The zero-order valence-corrected chi connectivity index (χ0v) is 15.8. The van der Waals surface area contributed by atoms with Gasteiger partial charge in [-0.05, 0) is 48.1 Å². The number of unbranched alkanes of at least 4 members (excludes halogenated alkanes) is 1. The van der Waals surface area contributed by atoms with Crippen molar-refractivity contribution in [2.24, 2.45) is 4.99 Å². The minimum absolute atomic E-state index is 0.0543. The highest BCUT2D eigenvalue weighted by atomic mass is 32.2. The van der Waals surface area contributed by atoms with Gasteiger partial charge in [0.25, 0.3) is 0 Å². The summed E-state index contributed by atoms with van der Waals surface area (Å²) in [5.41, 5.74) is 3.82. The summed E-state index contributed by atoms with van der Waals surface area (Å²) in [6.45, 7) is 2.07. The Morgan fingerprint density at radius 3 is 2.04 bits per heavy atom. The number of thioether (sulfide) groups is 1. The lowest BCUT2D eigenvalue weighted by molar-refractivity contribution is -0.116. The van der Waals surface area contributed by atoms with Crippen molar-refractivity contribution in [2.45, 2.75) is 26.2 Å². The van der Waals surface area contributed by atoms with Gasteiger partial charge in [-0.3, -0.25) is 4.79 Å². The molecule has 2 rings (SSSR count). The van der Waals surface area contributed by atoms with Gasteiger partial charge in [0.05, 0.1) is 0 Å². The summed E-state index contributed by atoms with van der Waals surface area (Å²) in [5.74, 6) is 0.0543. The molecule has 0 radical (unpaired) electrons. The van der Waals surface area contributed by atoms with E-state index in [4.69, 9.17) is 5.26 Å². The highest BCUT2D eigenvalue weighted by molar-refractivity contribution is 8.13. The maximum absolute atomic E-state index is 11.8. The van der Waals surface area contributed by atoms with E-state index in [2.05, 4.69) is 22.5 Å². The second kappa shape index (κ2) is 10.3.